The summed E-state index contributed by atoms with van der Waals surface area (Å²) in [5, 5.41) is 2.93. The maximum absolute atomic E-state index is 13.2. The van der Waals surface area contributed by atoms with Gasteiger partial charge in [-0.2, -0.15) is 0 Å². The van der Waals surface area contributed by atoms with Crippen LogP contribution >= 0.6 is 0 Å². The number of ether oxygens (including phenoxy) is 1. The van der Waals surface area contributed by atoms with E-state index >= 15 is 0 Å². The molecule has 0 spiro atoms. The van der Waals surface area contributed by atoms with E-state index in [4.69, 9.17) is 4.74 Å². The van der Waals surface area contributed by atoms with Gasteiger partial charge in [0.2, 0.25) is 5.91 Å². The maximum atomic E-state index is 13.2. The highest BCUT2D eigenvalue weighted by atomic mass is 16.5. The van der Waals surface area contributed by atoms with Gasteiger partial charge in [-0.15, -0.1) is 0 Å². The fraction of sp³-hybridized carbons (Fsp3) is 0.440. The Morgan fingerprint density at radius 2 is 1.80 bits per heavy atom. The van der Waals surface area contributed by atoms with Gasteiger partial charge in [0.1, 0.15) is 11.8 Å². The molecule has 2 rings (SSSR count). The predicted octanol–water partition coefficient (Wildman–Crippen LogP) is 4.32. The van der Waals surface area contributed by atoms with Crippen LogP contribution < -0.4 is 10.1 Å². The molecule has 5 heteroatoms. The maximum Gasteiger partial charge on any atom is 0.261 e. The van der Waals surface area contributed by atoms with Crippen molar-refractivity contribution in [1.82, 2.24) is 10.2 Å². The zero-order chi connectivity index (χ0) is 22.1. The van der Waals surface area contributed by atoms with Gasteiger partial charge >= 0.3 is 0 Å². The summed E-state index contributed by atoms with van der Waals surface area (Å²) in [6.07, 6.45) is 1.39. The lowest BCUT2D eigenvalue weighted by molar-refractivity contribution is -0.143. The van der Waals surface area contributed by atoms with Gasteiger partial charge in [0, 0.05) is 13.1 Å². The van der Waals surface area contributed by atoms with Crippen LogP contribution in [-0.2, 0) is 16.1 Å². The van der Waals surface area contributed by atoms with Gasteiger partial charge in [0.25, 0.3) is 5.91 Å². The average Bonchev–Trinajstić information content (AvgIpc) is 2.73. The molecule has 0 aromatic heterocycles. The fourth-order valence-electron chi connectivity index (χ4n) is 3.40. The average molecular weight is 411 g/mol. The van der Waals surface area contributed by atoms with Crippen molar-refractivity contribution in [3.05, 3.63) is 64.7 Å². The number of aryl methyl sites for hydroxylation is 2. The number of hydrogen-bond acceptors (Lipinski definition) is 3. The Labute approximate surface area is 180 Å². The second kappa shape index (κ2) is 11.4. The normalized spacial score (nSPS) is 11.6. The Bertz CT molecular complexity index is 863. The summed E-state index contributed by atoms with van der Waals surface area (Å²) in [5.41, 5.74) is 4.25. The van der Waals surface area contributed by atoms with Gasteiger partial charge in [0.15, 0.2) is 6.61 Å². The highest BCUT2D eigenvalue weighted by Gasteiger charge is 2.28. The number of amides is 2. The first-order chi connectivity index (χ1) is 14.4. The van der Waals surface area contributed by atoms with Crippen molar-refractivity contribution in [2.45, 2.75) is 60.0 Å². The second-order valence-electron chi connectivity index (χ2n) is 7.71. The van der Waals surface area contributed by atoms with Crippen LogP contribution in [0.1, 0.15) is 48.9 Å². The lowest BCUT2D eigenvalue weighted by Gasteiger charge is -2.30. The minimum absolute atomic E-state index is 0.104. The number of nitrogens with one attached hydrogen (secondary N) is 1. The molecule has 0 heterocycles. The molecule has 2 aromatic carbocycles. The number of hydrogen-bond donors (Lipinski definition) is 1. The van der Waals surface area contributed by atoms with Crippen LogP contribution in [0.4, 0.5) is 0 Å². The Balaban J connectivity index is 2.22. The van der Waals surface area contributed by atoms with E-state index in [1.54, 1.807) is 4.90 Å². The van der Waals surface area contributed by atoms with Crippen molar-refractivity contribution in [1.29, 1.82) is 0 Å². The van der Waals surface area contributed by atoms with Crippen molar-refractivity contribution in [3.8, 4) is 5.75 Å². The molecule has 0 radical (unpaired) electrons. The molecule has 0 aliphatic rings. The van der Waals surface area contributed by atoms with Crippen LogP contribution in [0, 0.1) is 20.8 Å². The Morgan fingerprint density at radius 3 is 2.47 bits per heavy atom. The summed E-state index contributed by atoms with van der Waals surface area (Å²) in [7, 11) is 0. The van der Waals surface area contributed by atoms with E-state index in [9.17, 15) is 9.59 Å². The van der Waals surface area contributed by atoms with Gasteiger partial charge in [0.05, 0.1) is 0 Å². The summed E-state index contributed by atoms with van der Waals surface area (Å²) in [4.78, 5) is 27.6. The van der Waals surface area contributed by atoms with Gasteiger partial charge in [-0.1, -0.05) is 55.8 Å². The molecule has 162 valence electrons. The highest BCUT2D eigenvalue weighted by Crippen LogP contribution is 2.21. The third-order valence-electron chi connectivity index (χ3n) is 5.28. The largest absolute Gasteiger partial charge is 0.483 e. The second-order valence-corrected chi connectivity index (χ2v) is 7.71. The van der Waals surface area contributed by atoms with Crippen LogP contribution in [0.2, 0.25) is 0 Å². The third-order valence-corrected chi connectivity index (χ3v) is 5.28. The van der Waals surface area contributed by atoms with Crippen molar-refractivity contribution >= 4 is 11.8 Å². The zero-order valence-electron chi connectivity index (χ0n) is 18.8. The van der Waals surface area contributed by atoms with Crippen LogP contribution in [0.15, 0.2) is 42.5 Å². The van der Waals surface area contributed by atoms with Crippen molar-refractivity contribution < 1.29 is 14.3 Å². The molecule has 30 heavy (non-hydrogen) atoms. The van der Waals surface area contributed by atoms with Gasteiger partial charge in [-0.3, -0.25) is 9.59 Å². The molecule has 1 N–H and O–H groups in total. The van der Waals surface area contributed by atoms with Gasteiger partial charge < -0.3 is 15.0 Å². The van der Waals surface area contributed by atoms with Crippen LogP contribution in [0.5, 0.6) is 5.75 Å². The number of carbonyl (C=O) groups is 2. The molecule has 0 fully saturated rings. The predicted molar refractivity (Wildman–Crippen MR) is 121 cm³/mol. The van der Waals surface area contributed by atoms with E-state index in [1.165, 1.54) is 0 Å². The Hall–Kier alpha value is -2.82. The summed E-state index contributed by atoms with van der Waals surface area (Å²) in [5.74, 6) is 0.380. The van der Waals surface area contributed by atoms with E-state index in [-0.39, 0.29) is 18.4 Å². The van der Waals surface area contributed by atoms with Crippen LogP contribution in [0.25, 0.3) is 0 Å². The minimum atomic E-state index is -0.535. The fourth-order valence-corrected chi connectivity index (χ4v) is 3.40. The topological polar surface area (TPSA) is 58.6 Å². The summed E-state index contributed by atoms with van der Waals surface area (Å²) in [6.45, 7) is 10.8. The van der Waals surface area contributed by atoms with Crippen LogP contribution in [0.3, 0.4) is 0 Å². The van der Waals surface area contributed by atoms with E-state index in [0.717, 1.165) is 28.7 Å². The molecule has 5 nitrogen and oxygen atoms in total. The molecule has 0 aliphatic carbocycles. The van der Waals surface area contributed by atoms with E-state index in [0.29, 0.717) is 25.3 Å². The number of nitrogens with zero attached hydrogens (tertiary/aromatic N) is 1. The molecular formula is C25H34N2O3. The lowest BCUT2D eigenvalue weighted by atomic mass is 10.1. The smallest absolute Gasteiger partial charge is 0.261 e. The number of benzene rings is 2. The molecule has 0 saturated heterocycles. The summed E-state index contributed by atoms with van der Waals surface area (Å²) in [6, 6.07) is 13.3. The molecule has 1 atom stereocenters. The molecule has 2 amide bonds. The van der Waals surface area contributed by atoms with Gasteiger partial charge in [-0.05, 0) is 56.4 Å². The summed E-state index contributed by atoms with van der Waals surface area (Å²) < 4.78 is 5.85. The molecule has 2 aromatic rings. The molecule has 0 saturated carbocycles. The first-order valence-corrected chi connectivity index (χ1v) is 10.7. The quantitative estimate of drug-likeness (QED) is 0.634. The van der Waals surface area contributed by atoms with E-state index in [2.05, 4.69) is 5.32 Å². The Morgan fingerprint density at radius 1 is 1.07 bits per heavy atom. The monoisotopic (exact) mass is 410 g/mol. The molecular weight excluding hydrogens is 376 g/mol. The molecule has 0 unspecified atom stereocenters. The lowest BCUT2D eigenvalue weighted by Crippen LogP contribution is -2.50. The van der Waals surface area contributed by atoms with Crippen molar-refractivity contribution in [3.63, 3.8) is 0 Å². The van der Waals surface area contributed by atoms with E-state index in [1.807, 2.05) is 77.1 Å². The van der Waals surface area contributed by atoms with Crippen LogP contribution in [-0.4, -0.2) is 35.9 Å². The molecule has 0 aliphatic heterocycles. The number of rotatable bonds is 10. The molecule has 0 bridgehead atoms. The summed E-state index contributed by atoms with van der Waals surface area (Å²) >= 11 is 0. The van der Waals surface area contributed by atoms with Gasteiger partial charge in [-0.25, -0.2) is 0 Å². The van der Waals surface area contributed by atoms with Crippen molar-refractivity contribution in [2.24, 2.45) is 0 Å². The standard InChI is InChI=1S/C25H34N2O3/c1-6-14-26-25(29)22(7-2)27(16-21-12-8-10-18(3)15-21)24(28)17-30-23-13-9-11-19(4)20(23)5/h8-13,15,22H,6-7,14,16-17H2,1-5H3,(H,26,29)/t22-/m1/s1. The van der Waals surface area contributed by atoms with Crippen molar-refractivity contribution in [2.75, 3.05) is 13.2 Å². The minimum Gasteiger partial charge on any atom is -0.483 e. The highest BCUT2D eigenvalue weighted by molar-refractivity contribution is 5.88. The first-order valence-electron chi connectivity index (χ1n) is 10.7. The first kappa shape index (κ1) is 23.5. The SMILES string of the molecule is CCCNC(=O)[C@@H](CC)N(Cc1cccc(C)c1)C(=O)COc1cccc(C)c1C. The Kier molecular flexibility index (Phi) is 8.90. The third kappa shape index (κ3) is 6.34. The van der Waals surface area contributed by atoms with E-state index < -0.39 is 6.04 Å². The number of carbonyl (C=O) groups excluding carboxylic acids is 2. The zero-order valence-corrected chi connectivity index (χ0v) is 18.8.